The molecular formula is C13H27N3O4S. The lowest BCUT2D eigenvalue weighted by Gasteiger charge is -2.15. The number of carbonyl (C=O) groups excluding carboxylic acids is 1. The molecule has 7 nitrogen and oxygen atoms in total. The van der Waals surface area contributed by atoms with Gasteiger partial charge in [0.2, 0.25) is 15.9 Å². The lowest BCUT2D eigenvalue weighted by molar-refractivity contribution is -0.121. The molecule has 21 heavy (non-hydrogen) atoms. The Labute approximate surface area is 127 Å². The van der Waals surface area contributed by atoms with Gasteiger partial charge in [0.25, 0.3) is 0 Å². The lowest BCUT2D eigenvalue weighted by atomic mass is 10.3. The molecule has 1 amide bonds. The molecule has 0 aromatic heterocycles. The van der Waals surface area contributed by atoms with E-state index < -0.39 is 10.0 Å². The molecule has 0 aromatic carbocycles. The molecule has 0 saturated carbocycles. The smallest absolute Gasteiger partial charge is 0.220 e. The number of nitrogens with zero attached hydrogens (tertiary/aromatic N) is 1. The van der Waals surface area contributed by atoms with Gasteiger partial charge < -0.3 is 15.4 Å². The minimum Gasteiger partial charge on any atom is -0.383 e. The molecule has 0 unspecified atom stereocenters. The zero-order chi connectivity index (χ0) is 15.6. The van der Waals surface area contributed by atoms with Crippen molar-refractivity contribution in [2.75, 3.05) is 52.2 Å². The van der Waals surface area contributed by atoms with Gasteiger partial charge in [-0.15, -0.1) is 0 Å². The molecule has 0 aliphatic carbocycles. The van der Waals surface area contributed by atoms with Crippen molar-refractivity contribution in [3.63, 3.8) is 0 Å². The molecule has 0 aromatic rings. The van der Waals surface area contributed by atoms with E-state index in [0.717, 1.165) is 19.4 Å². The van der Waals surface area contributed by atoms with Gasteiger partial charge in [-0.1, -0.05) is 0 Å². The molecule has 0 radical (unpaired) electrons. The summed E-state index contributed by atoms with van der Waals surface area (Å²) in [5.74, 6) is -0.0351. The molecule has 1 aliphatic rings. The molecule has 2 N–H and O–H groups in total. The highest BCUT2D eigenvalue weighted by atomic mass is 32.2. The third-order valence-electron chi connectivity index (χ3n) is 3.37. The van der Waals surface area contributed by atoms with Gasteiger partial charge in [-0.05, 0) is 19.3 Å². The van der Waals surface area contributed by atoms with Gasteiger partial charge in [0.05, 0.1) is 12.4 Å². The van der Waals surface area contributed by atoms with Crippen LogP contribution in [0.1, 0.15) is 25.7 Å². The molecule has 1 fully saturated rings. The van der Waals surface area contributed by atoms with E-state index in [1.54, 1.807) is 7.11 Å². The van der Waals surface area contributed by atoms with Crippen LogP contribution in [0.3, 0.4) is 0 Å². The number of hydrogen-bond acceptors (Lipinski definition) is 5. The highest BCUT2D eigenvalue weighted by Gasteiger charge is 2.24. The van der Waals surface area contributed by atoms with E-state index in [1.807, 2.05) is 0 Å². The second kappa shape index (κ2) is 10.1. The molecule has 8 heteroatoms. The third kappa shape index (κ3) is 7.75. The Hall–Kier alpha value is -0.700. The highest BCUT2D eigenvalue weighted by Crippen LogP contribution is 2.14. The molecule has 124 valence electrons. The first-order valence-corrected chi connectivity index (χ1v) is 9.11. The zero-order valence-electron chi connectivity index (χ0n) is 12.8. The van der Waals surface area contributed by atoms with Crippen LogP contribution in [-0.2, 0) is 19.6 Å². The average molecular weight is 321 g/mol. The van der Waals surface area contributed by atoms with Crippen molar-refractivity contribution < 1.29 is 17.9 Å². The van der Waals surface area contributed by atoms with Crippen molar-refractivity contribution in [2.24, 2.45) is 0 Å². The quantitative estimate of drug-likeness (QED) is 0.503. The predicted octanol–water partition coefficient (Wildman–Crippen LogP) is -0.456. The van der Waals surface area contributed by atoms with Gasteiger partial charge in [-0.25, -0.2) is 12.7 Å². The molecule has 0 atom stereocenters. The van der Waals surface area contributed by atoms with Crippen molar-refractivity contribution in [1.29, 1.82) is 0 Å². The standard InChI is InChI=1S/C13H27N3O4S/c1-20-11-8-14-6-7-15-13(17)5-4-12-21(18,19)16-9-2-3-10-16/h14H,2-12H2,1H3,(H,15,17). The fourth-order valence-electron chi connectivity index (χ4n) is 2.19. The number of methoxy groups -OCH3 is 1. The first-order valence-electron chi connectivity index (χ1n) is 7.50. The Balaban J connectivity index is 2.05. The van der Waals surface area contributed by atoms with Crippen LogP contribution in [0, 0.1) is 0 Å². The maximum absolute atomic E-state index is 11.9. The number of carbonyl (C=O) groups is 1. The third-order valence-corrected chi connectivity index (χ3v) is 5.33. The minimum absolute atomic E-state index is 0.0620. The van der Waals surface area contributed by atoms with Crippen LogP contribution < -0.4 is 10.6 Å². The molecule has 0 bridgehead atoms. The number of nitrogens with one attached hydrogen (secondary N) is 2. The number of rotatable bonds is 11. The Morgan fingerprint density at radius 3 is 2.57 bits per heavy atom. The average Bonchev–Trinajstić information content (AvgIpc) is 2.97. The molecule has 1 heterocycles. The lowest BCUT2D eigenvalue weighted by Crippen LogP contribution is -2.34. The summed E-state index contributed by atoms with van der Waals surface area (Å²) in [7, 11) is -1.53. The summed E-state index contributed by atoms with van der Waals surface area (Å²) < 4.78 is 30.3. The van der Waals surface area contributed by atoms with Gasteiger partial charge in [-0.2, -0.15) is 0 Å². The van der Waals surface area contributed by atoms with E-state index in [4.69, 9.17) is 4.74 Å². The Morgan fingerprint density at radius 2 is 1.90 bits per heavy atom. The summed E-state index contributed by atoms with van der Waals surface area (Å²) in [4.78, 5) is 11.6. The van der Waals surface area contributed by atoms with Gasteiger partial charge in [0, 0.05) is 46.3 Å². The van der Waals surface area contributed by atoms with E-state index in [-0.39, 0.29) is 18.1 Å². The Morgan fingerprint density at radius 1 is 1.19 bits per heavy atom. The van der Waals surface area contributed by atoms with E-state index in [0.29, 0.717) is 39.2 Å². The molecular weight excluding hydrogens is 294 g/mol. The SMILES string of the molecule is COCCNCCNC(=O)CCCS(=O)(=O)N1CCCC1. The minimum atomic E-state index is -3.16. The van der Waals surface area contributed by atoms with Crippen molar-refractivity contribution >= 4 is 15.9 Å². The van der Waals surface area contributed by atoms with E-state index >= 15 is 0 Å². The van der Waals surface area contributed by atoms with Crippen LogP contribution >= 0.6 is 0 Å². The van der Waals surface area contributed by atoms with E-state index in [2.05, 4.69) is 10.6 Å². The van der Waals surface area contributed by atoms with Gasteiger partial charge >= 0.3 is 0 Å². The van der Waals surface area contributed by atoms with Crippen LogP contribution in [-0.4, -0.2) is 70.8 Å². The van der Waals surface area contributed by atoms with Crippen LogP contribution in [0.4, 0.5) is 0 Å². The van der Waals surface area contributed by atoms with Crippen molar-refractivity contribution in [3.05, 3.63) is 0 Å². The fraction of sp³-hybridized carbons (Fsp3) is 0.923. The predicted molar refractivity (Wildman–Crippen MR) is 81.6 cm³/mol. The summed E-state index contributed by atoms with van der Waals surface area (Å²) in [5.41, 5.74) is 0. The molecule has 1 aliphatic heterocycles. The fourth-order valence-corrected chi connectivity index (χ4v) is 3.77. The van der Waals surface area contributed by atoms with Crippen molar-refractivity contribution in [2.45, 2.75) is 25.7 Å². The summed E-state index contributed by atoms with van der Waals surface area (Å²) in [6.45, 7) is 3.87. The largest absolute Gasteiger partial charge is 0.383 e. The summed E-state index contributed by atoms with van der Waals surface area (Å²) in [6, 6.07) is 0. The number of amides is 1. The first kappa shape index (κ1) is 18.3. The maximum atomic E-state index is 11.9. The van der Waals surface area contributed by atoms with E-state index in [1.165, 1.54) is 4.31 Å². The van der Waals surface area contributed by atoms with E-state index in [9.17, 15) is 13.2 Å². The number of hydrogen-bond donors (Lipinski definition) is 2. The van der Waals surface area contributed by atoms with Crippen molar-refractivity contribution in [3.8, 4) is 0 Å². The normalized spacial score (nSPS) is 16.2. The van der Waals surface area contributed by atoms with Crippen LogP contribution in [0.2, 0.25) is 0 Å². The zero-order valence-corrected chi connectivity index (χ0v) is 13.6. The summed E-state index contributed by atoms with van der Waals surface area (Å²) in [5, 5.41) is 5.88. The highest BCUT2D eigenvalue weighted by molar-refractivity contribution is 7.89. The van der Waals surface area contributed by atoms with Gasteiger partial charge in [0.15, 0.2) is 0 Å². The van der Waals surface area contributed by atoms with Crippen LogP contribution in [0.15, 0.2) is 0 Å². The summed E-state index contributed by atoms with van der Waals surface area (Å²) in [6.07, 6.45) is 2.51. The first-order chi connectivity index (χ1) is 10.1. The molecule has 1 saturated heterocycles. The number of sulfonamides is 1. The monoisotopic (exact) mass is 321 g/mol. The number of ether oxygens (including phenoxy) is 1. The molecule has 1 rings (SSSR count). The van der Waals surface area contributed by atoms with Crippen LogP contribution in [0.5, 0.6) is 0 Å². The van der Waals surface area contributed by atoms with Gasteiger partial charge in [-0.3, -0.25) is 4.79 Å². The second-order valence-electron chi connectivity index (χ2n) is 5.12. The maximum Gasteiger partial charge on any atom is 0.220 e. The second-order valence-corrected chi connectivity index (χ2v) is 7.21. The summed E-state index contributed by atoms with van der Waals surface area (Å²) >= 11 is 0. The van der Waals surface area contributed by atoms with Gasteiger partial charge in [0.1, 0.15) is 0 Å². The Kier molecular flexibility index (Phi) is 8.82. The Bertz CT molecular complexity index is 394. The van der Waals surface area contributed by atoms with Crippen molar-refractivity contribution in [1.82, 2.24) is 14.9 Å². The molecule has 0 spiro atoms. The topological polar surface area (TPSA) is 87.7 Å². The van der Waals surface area contributed by atoms with Crippen LogP contribution in [0.25, 0.3) is 0 Å².